The molecule has 0 aliphatic heterocycles. The standard InChI is InChI=1S/C15H28N4O2S2/c1-7-16-15(18-12(4)11(2)3)17-10-13-8-9-14(22-13)23(20,21)19(5)6/h8-9,11-12H,7,10H2,1-6H3,(H2,16,17,18). The summed E-state index contributed by atoms with van der Waals surface area (Å²) in [7, 11) is -0.293. The number of hydrogen-bond acceptors (Lipinski definition) is 4. The number of nitrogens with one attached hydrogen (secondary N) is 2. The van der Waals surface area contributed by atoms with E-state index in [1.54, 1.807) is 6.07 Å². The molecule has 0 aromatic carbocycles. The maximum absolute atomic E-state index is 12.1. The Morgan fingerprint density at radius 3 is 2.48 bits per heavy atom. The highest BCUT2D eigenvalue weighted by atomic mass is 32.2. The van der Waals surface area contributed by atoms with Crippen LogP contribution in [-0.4, -0.2) is 45.4 Å². The minimum absolute atomic E-state index is 0.306. The molecule has 1 aromatic rings. The van der Waals surface area contributed by atoms with Crippen LogP contribution in [0.1, 0.15) is 32.6 Å². The van der Waals surface area contributed by atoms with Crippen molar-refractivity contribution in [2.45, 2.75) is 44.5 Å². The first-order valence-electron chi connectivity index (χ1n) is 7.74. The Morgan fingerprint density at radius 2 is 1.96 bits per heavy atom. The highest BCUT2D eigenvalue weighted by Crippen LogP contribution is 2.24. The van der Waals surface area contributed by atoms with Gasteiger partial charge in [0.1, 0.15) is 4.21 Å². The van der Waals surface area contributed by atoms with Gasteiger partial charge < -0.3 is 10.6 Å². The minimum atomic E-state index is -3.36. The molecule has 6 nitrogen and oxygen atoms in total. The second-order valence-electron chi connectivity index (χ2n) is 5.88. The summed E-state index contributed by atoms with van der Waals surface area (Å²) in [6, 6.07) is 3.77. The van der Waals surface area contributed by atoms with Crippen LogP contribution in [0.2, 0.25) is 0 Å². The molecular weight excluding hydrogens is 332 g/mol. The summed E-state index contributed by atoms with van der Waals surface area (Å²) < 4.78 is 25.7. The van der Waals surface area contributed by atoms with E-state index in [1.165, 1.54) is 29.7 Å². The molecule has 2 N–H and O–H groups in total. The van der Waals surface area contributed by atoms with E-state index in [2.05, 4.69) is 36.4 Å². The van der Waals surface area contributed by atoms with Crippen LogP contribution in [0.15, 0.2) is 21.3 Å². The summed E-state index contributed by atoms with van der Waals surface area (Å²) in [5.74, 6) is 1.25. The van der Waals surface area contributed by atoms with Gasteiger partial charge in [0.05, 0.1) is 6.54 Å². The Kier molecular flexibility index (Phi) is 7.50. The molecule has 0 amide bonds. The Hall–Kier alpha value is -1.12. The quantitative estimate of drug-likeness (QED) is 0.577. The molecule has 0 fully saturated rings. The van der Waals surface area contributed by atoms with Crippen LogP contribution < -0.4 is 10.6 Å². The molecule has 1 rings (SSSR count). The van der Waals surface area contributed by atoms with Crippen LogP contribution in [-0.2, 0) is 16.6 Å². The molecule has 0 saturated carbocycles. The summed E-state index contributed by atoms with van der Waals surface area (Å²) >= 11 is 1.26. The zero-order valence-electron chi connectivity index (χ0n) is 14.8. The molecule has 0 aliphatic rings. The SMILES string of the molecule is CCNC(=NCc1ccc(S(=O)(=O)N(C)C)s1)NC(C)C(C)C. The van der Waals surface area contributed by atoms with Gasteiger partial charge in [0.15, 0.2) is 5.96 Å². The maximum Gasteiger partial charge on any atom is 0.252 e. The molecular formula is C15H28N4O2S2. The zero-order chi connectivity index (χ0) is 17.6. The molecule has 0 bridgehead atoms. The van der Waals surface area contributed by atoms with E-state index in [-0.39, 0.29) is 0 Å². The highest BCUT2D eigenvalue weighted by Gasteiger charge is 2.19. The Balaban J connectivity index is 2.83. The Labute approximate surface area is 144 Å². The maximum atomic E-state index is 12.1. The van der Waals surface area contributed by atoms with Gasteiger partial charge in [0.25, 0.3) is 10.0 Å². The lowest BCUT2D eigenvalue weighted by molar-refractivity contribution is 0.481. The first-order valence-corrected chi connectivity index (χ1v) is 10.00. The first-order chi connectivity index (χ1) is 10.7. The Morgan fingerprint density at radius 1 is 1.30 bits per heavy atom. The number of sulfonamides is 1. The third-order valence-corrected chi connectivity index (χ3v) is 6.83. The summed E-state index contributed by atoms with van der Waals surface area (Å²) in [4.78, 5) is 5.46. The van der Waals surface area contributed by atoms with Crippen molar-refractivity contribution in [3.05, 3.63) is 17.0 Å². The molecule has 0 spiro atoms. The summed E-state index contributed by atoms with van der Waals surface area (Å²) in [5, 5.41) is 6.57. The van der Waals surface area contributed by atoms with Gasteiger partial charge in [-0.1, -0.05) is 13.8 Å². The van der Waals surface area contributed by atoms with Crippen LogP contribution >= 0.6 is 11.3 Å². The fourth-order valence-electron chi connectivity index (χ4n) is 1.62. The molecule has 0 saturated heterocycles. The van der Waals surface area contributed by atoms with E-state index in [1.807, 2.05) is 13.0 Å². The topological polar surface area (TPSA) is 73.8 Å². The van der Waals surface area contributed by atoms with E-state index >= 15 is 0 Å². The molecule has 1 atom stereocenters. The molecule has 0 radical (unpaired) electrons. The predicted molar refractivity (Wildman–Crippen MR) is 97.4 cm³/mol. The number of rotatable bonds is 7. The number of nitrogens with zero attached hydrogens (tertiary/aromatic N) is 2. The van der Waals surface area contributed by atoms with Gasteiger partial charge in [-0.2, -0.15) is 0 Å². The Bertz CT molecular complexity index is 621. The monoisotopic (exact) mass is 360 g/mol. The van der Waals surface area contributed by atoms with Crippen molar-refractivity contribution in [2.24, 2.45) is 10.9 Å². The fraction of sp³-hybridized carbons (Fsp3) is 0.667. The fourth-order valence-corrected chi connectivity index (χ4v) is 4.07. The van der Waals surface area contributed by atoms with Crippen molar-refractivity contribution in [1.82, 2.24) is 14.9 Å². The van der Waals surface area contributed by atoms with E-state index in [0.717, 1.165) is 17.4 Å². The van der Waals surface area contributed by atoms with Gasteiger partial charge in [-0.15, -0.1) is 11.3 Å². The summed E-state index contributed by atoms with van der Waals surface area (Å²) in [6.45, 7) is 9.67. The molecule has 1 aromatic heterocycles. The van der Waals surface area contributed by atoms with Gasteiger partial charge >= 0.3 is 0 Å². The number of guanidine groups is 1. The van der Waals surface area contributed by atoms with Crippen molar-refractivity contribution in [1.29, 1.82) is 0 Å². The third kappa shape index (κ3) is 5.78. The van der Waals surface area contributed by atoms with Gasteiger partial charge in [0, 0.05) is 31.6 Å². The molecule has 0 aliphatic carbocycles. The van der Waals surface area contributed by atoms with E-state index in [0.29, 0.717) is 22.7 Å². The van der Waals surface area contributed by atoms with Crippen LogP contribution in [0.3, 0.4) is 0 Å². The first kappa shape index (κ1) is 19.9. The van der Waals surface area contributed by atoms with E-state index in [9.17, 15) is 8.42 Å². The highest BCUT2D eigenvalue weighted by molar-refractivity contribution is 7.91. The van der Waals surface area contributed by atoms with Gasteiger partial charge in [-0.05, 0) is 31.9 Å². The lowest BCUT2D eigenvalue weighted by atomic mass is 10.1. The van der Waals surface area contributed by atoms with E-state index in [4.69, 9.17) is 0 Å². The normalized spacial score (nSPS) is 14.3. The van der Waals surface area contributed by atoms with Crippen molar-refractivity contribution < 1.29 is 8.42 Å². The summed E-state index contributed by atoms with van der Waals surface area (Å²) in [6.07, 6.45) is 0. The van der Waals surface area contributed by atoms with Gasteiger partial charge in [0.2, 0.25) is 0 Å². The second-order valence-corrected chi connectivity index (χ2v) is 9.43. The smallest absolute Gasteiger partial charge is 0.252 e. The molecule has 8 heteroatoms. The minimum Gasteiger partial charge on any atom is -0.357 e. The van der Waals surface area contributed by atoms with Crippen LogP contribution in [0, 0.1) is 5.92 Å². The molecule has 1 unspecified atom stereocenters. The predicted octanol–water partition coefficient (Wildman–Crippen LogP) is 2.10. The number of aliphatic imine (C=N–C) groups is 1. The van der Waals surface area contributed by atoms with E-state index < -0.39 is 10.0 Å². The van der Waals surface area contributed by atoms with Crippen molar-refractivity contribution in [2.75, 3.05) is 20.6 Å². The summed E-state index contributed by atoms with van der Waals surface area (Å²) in [5.41, 5.74) is 0. The number of thiophene rings is 1. The second kappa shape index (κ2) is 8.65. The van der Waals surface area contributed by atoms with Crippen molar-refractivity contribution >= 4 is 27.3 Å². The molecule has 132 valence electrons. The lowest BCUT2D eigenvalue weighted by Gasteiger charge is -2.20. The zero-order valence-corrected chi connectivity index (χ0v) is 16.4. The third-order valence-electron chi connectivity index (χ3n) is 3.47. The number of hydrogen-bond donors (Lipinski definition) is 2. The van der Waals surface area contributed by atoms with Gasteiger partial charge in [-0.3, -0.25) is 0 Å². The molecule has 23 heavy (non-hydrogen) atoms. The largest absolute Gasteiger partial charge is 0.357 e. The average Bonchev–Trinajstić information content (AvgIpc) is 2.94. The van der Waals surface area contributed by atoms with Crippen LogP contribution in [0.4, 0.5) is 0 Å². The van der Waals surface area contributed by atoms with Crippen molar-refractivity contribution in [3.63, 3.8) is 0 Å². The lowest BCUT2D eigenvalue weighted by Crippen LogP contribution is -2.44. The molecule has 1 heterocycles. The van der Waals surface area contributed by atoms with Crippen LogP contribution in [0.25, 0.3) is 0 Å². The van der Waals surface area contributed by atoms with Gasteiger partial charge in [-0.25, -0.2) is 17.7 Å². The average molecular weight is 361 g/mol. The van der Waals surface area contributed by atoms with Crippen molar-refractivity contribution in [3.8, 4) is 0 Å². The van der Waals surface area contributed by atoms with Crippen LogP contribution in [0.5, 0.6) is 0 Å².